The molecule has 0 heterocycles. The van der Waals surface area contributed by atoms with Crippen LogP contribution in [0.1, 0.15) is 129 Å². The van der Waals surface area contributed by atoms with Crippen molar-refractivity contribution in [2.45, 2.75) is 136 Å². The molecule has 11 nitrogen and oxygen atoms in total. The number of esters is 2. The van der Waals surface area contributed by atoms with Crippen LogP contribution in [0.15, 0.2) is 48.6 Å². The highest BCUT2D eigenvalue weighted by Crippen LogP contribution is 2.43. The molecule has 0 radical (unpaired) electrons. The molecule has 0 amide bonds. The highest BCUT2D eigenvalue weighted by Gasteiger charge is 2.27. The molecule has 0 saturated heterocycles. The van der Waals surface area contributed by atoms with Gasteiger partial charge in [0.1, 0.15) is 19.8 Å². The second-order valence-corrected chi connectivity index (χ2v) is 15.5. The Balaban J connectivity index is 4.51. The highest BCUT2D eigenvalue weighted by molar-refractivity contribution is 7.47. The fraction of sp³-hybridized carbons (Fsp3) is 0.700. The van der Waals surface area contributed by atoms with E-state index >= 15 is 0 Å². The second-order valence-electron chi connectivity index (χ2n) is 14.1. The number of ketones is 2. The van der Waals surface area contributed by atoms with Gasteiger partial charge in [0.15, 0.2) is 17.7 Å². The number of unbranched alkanes of at least 4 members (excludes halogenated alkanes) is 12. The Labute approximate surface area is 314 Å². The lowest BCUT2D eigenvalue weighted by molar-refractivity contribution is -0.870. The Hall–Kier alpha value is -2.69. The molecular formula is C40H69NO10P+. The zero-order valence-electron chi connectivity index (χ0n) is 32.8. The number of carbonyl (C=O) groups is 4. The molecule has 0 saturated carbocycles. The van der Waals surface area contributed by atoms with E-state index in [2.05, 4.69) is 0 Å². The van der Waals surface area contributed by atoms with Crippen LogP contribution in [0.3, 0.4) is 0 Å². The van der Waals surface area contributed by atoms with Crippen molar-refractivity contribution in [3.05, 3.63) is 48.6 Å². The van der Waals surface area contributed by atoms with Crippen molar-refractivity contribution in [1.82, 2.24) is 0 Å². The molecule has 0 rings (SSSR count). The number of nitrogens with zero attached hydrogens (tertiary/aromatic N) is 1. The lowest BCUT2D eigenvalue weighted by Gasteiger charge is -2.24. The Kier molecular flexibility index (Phi) is 30.2. The summed E-state index contributed by atoms with van der Waals surface area (Å²) in [6.07, 6.45) is 27.4. The summed E-state index contributed by atoms with van der Waals surface area (Å²) in [5.41, 5.74) is 0. The number of phosphoric acid groups is 1. The van der Waals surface area contributed by atoms with Gasteiger partial charge in [-0.2, -0.15) is 0 Å². The van der Waals surface area contributed by atoms with E-state index in [1.165, 1.54) is 0 Å². The van der Waals surface area contributed by atoms with Gasteiger partial charge in [-0.25, -0.2) is 4.57 Å². The number of hydrogen-bond donors (Lipinski definition) is 1. The van der Waals surface area contributed by atoms with Crippen molar-refractivity contribution < 1.29 is 51.6 Å². The van der Waals surface area contributed by atoms with Crippen molar-refractivity contribution in [2.75, 3.05) is 47.5 Å². The van der Waals surface area contributed by atoms with Crippen LogP contribution in [-0.4, -0.2) is 86.5 Å². The van der Waals surface area contributed by atoms with E-state index in [9.17, 15) is 28.6 Å². The van der Waals surface area contributed by atoms with E-state index in [0.29, 0.717) is 36.7 Å². The van der Waals surface area contributed by atoms with E-state index < -0.39 is 32.5 Å². The average Bonchev–Trinajstić information content (AvgIpc) is 3.07. The van der Waals surface area contributed by atoms with Gasteiger partial charge in [-0.15, -0.1) is 0 Å². The second kappa shape index (κ2) is 31.8. The number of hydrogen-bond acceptors (Lipinski definition) is 9. The van der Waals surface area contributed by atoms with Gasteiger partial charge in [-0.1, -0.05) is 101 Å². The number of allylic oxidation sites excluding steroid dienone is 8. The van der Waals surface area contributed by atoms with Gasteiger partial charge in [0.2, 0.25) is 0 Å². The highest BCUT2D eigenvalue weighted by atomic mass is 31.2. The minimum absolute atomic E-state index is 0.00253. The summed E-state index contributed by atoms with van der Waals surface area (Å²) in [5, 5.41) is 0. The minimum atomic E-state index is -4.41. The van der Waals surface area contributed by atoms with Gasteiger partial charge in [0, 0.05) is 25.7 Å². The molecule has 1 unspecified atom stereocenters. The maximum atomic E-state index is 12.6. The third-order valence-corrected chi connectivity index (χ3v) is 8.93. The Morgan fingerprint density at radius 2 is 1.02 bits per heavy atom. The molecule has 0 aliphatic carbocycles. The van der Waals surface area contributed by atoms with Gasteiger partial charge in [-0.3, -0.25) is 28.2 Å². The van der Waals surface area contributed by atoms with Gasteiger partial charge in [0.05, 0.1) is 27.7 Å². The van der Waals surface area contributed by atoms with Crippen LogP contribution in [0.25, 0.3) is 0 Å². The molecule has 1 N–H and O–H groups in total. The molecule has 0 spiro atoms. The molecule has 2 atom stereocenters. The first kappa shape index (κ1) is 49.3. The Bertz CT molecular complexity index is 1160. The van der Waals surface area contributed by atoms with Gasteiger partial charge >= 0.3 is 19.8 Å². The zero-order chi connectivity index (χ0) is 38.9. The monoisotopic (exact) mass is 754 g/mol. The normalized spacial score (nSPS) is 14.0. The molecular weight excluding hydrogens is 685 g/mol. The fourth-order valence-corrected chi connectivity index (χ4v) is 5.62. The number of likely N-dealkylation sites (N-methyl/N-ethyl adjacent to an activating group) is 1. The average molecular weight is 755 g/mol. The summed E-state index contributed by atoms with van der Waals surface area (Å²) in [5.74, 6) is -0.657. The van der Waals surface area contributed by atoms with Crippen LogP contribution in [0.4, 0.5) is 0 Å². The van der Waals surface area contributed by atoms with E-state index in [0.717, 1.165) is 77.0 Å². The van der Waals surface area contributed by atoms with Crippen LogP contribution in [0, 0.1) is 0 Å². The number of carbonyl (C=O) groups excluding carboxylic acids is 4. The molecule has 0 aliphatic heterocycles. The van der Waals surface area contributed by atoms with Crippen LogP contribution < -0.4 is 0 Å². The molecule has 298 valence electrons. The summed E-state index contributed by atoms with van der Waals surface area (Å²) in [6, 6.07) is 0. The summed E-state index contributed by atoms with van der Waals surface area (Å²) in [6.45, 7) is 3.54. The molecule has 52 heavy (non-hydrogen) atoms. The van der Waals surface area contributed by atoms with Crippen molar-refractivity contribution in [3.8, 4) is 0 Å². The predicted octanol–water partition coefficient (Wildman–Crippen LogP) is 8.71. The third-order valence-electron chi connectivity index (χ3n) is 7.95. The lowest BCUT2D eigenvalue weighted by Crippen LogP contribution is -2.37. The summed E-state index contributed by atoms with van der Waals surface area (Å²) >= 11 is 0. The Morgan fingerprint density at radius 3 is 1.46 bits per heavy atom. The summed E-state index contributed by atoms with van der Waals surface area (Å²) in [7, 11) is 1.35. The zero-order valence-corrected chi connectivity index (χ0v) is 33.7. The van der Waals surface area contributed by atoms with Crippen LogP contribution in [0.5, 0.6) is 0 Å². The van der Waals surface area contributed by atoms with E-state index in [-0.39, 0.29) is 37.6 Å². The standard InChI is InChI=1S/C40H68NO10P/c1-6-8-20-26-36(42)28-22-16-12-10-14-18-24-30-39(44)48-34-38(35-50-52(46,47)49-33-32-41(3,4)5)51-40(45)31-25-19-15-11-13-17-23-29-37(43)27-21-9-7-2/h6-9,20-21,26-27,38H,10-19,22-25,28-35H2,1-5H3/p+1/b8-6+,9-7+,26-20+,27-21+/t38-/m1/s1. The third kappa shape index (κ3) is 34.4. The topological polar surface area (TPSA) is 143 Å². The van der Waals surface area contributed by atoms with E-state index in [4.69, 9.17) is 18.5 Å². The van der Waals surface area contributed by atoms with E-state index in [1.54, 1.807) is 24.3 Å². The molecule has 0 aromatic rings. The first-order valence-corrected chi connectivity index (χ1v) is 20.7. The van der Waals surface area contributed by atoms with Crippen molar-refractivity contribution in [3.63, 3.8) is 0 Å². The van der Waals surface area contributed by atoms with Crippen molar-refractivity contribution in [1.29, 1.82) is 0 Å². The molecule has 12 heteroatoms. The first-order chi connectivity index (χ1) is 24.8. The van der Waals surface area contributed by atoms with Crippen LogP contribution in [0.2, 0.25) is 0 Å². The fourth-order valence-electron chi connectivity index (χ4n) is 4.88. The van der Waals surface area contributed by atoms with Crippen LogP contribution in [-0.2, 0) is 42.3 Å². The smallest absolute Gasteiger partial charge is 0.462 e. The maximum absolute atomic E-state index is 12.6. The Morgan fingerprint density at radius 1 is 0.596 bits per heavy atom. The minimum Gasteiger partial charge on any atom is -0.462 e. The molecule has 0 aromatic carbocycles. The number of phosphoric ester groups is 1. The molecule has 0 aromatic heterocycles. The molecule has 0 bridgehead atoms. The van der Waals surface area contributed by atoms with E-state index in [1.807, 2.05) is 59.3 Å². The van der Waals surface area contributed by atoms with Crippen molar-refractivity contribution >= 4 is 31.3 Å². The SMILES string of the molecule is C/C=C/C=C/C(=O)CCCCCCCCCC(=O)OC[C@H](COP(=O)(O)OCC[N+](C)(C)C)OC(=O)CCCCCCCCCC(=O)/C=C/C=C/C. The van der Waals surface area contributed by atoms with Gasteiger partial charge < -0.3 is 18.9 Å². The van der Waals surface area contributed by atoms with Crippen molar-refractivity contribution in [2.24, 2.45) is 0 Å². The first-order valence-electron chi connectivity index (χ1n) is 19.2. The maximum Gasteiger partial charge on any atom is 0.472 e. The summed E-state index contributed by atoms with van der Waals surface area (Å²) in [4.78, 5) is 58.7. The summed E-state index contributed by atoms with van der Waals surface area (Å²) < 4.78 is 34.0. The van der Waals surface area contributed by atoms with Gasteiger partial charge in [-0.05, 0) is 51.7 Å². The molecule has 0 aliphatic rings. The van der Waals surface area contributed by atoms with Crippen LogP contribution >= 0.6 is 7.82 Å². The number of quaternary nitrogens is 1. The number of rotatable bonds is 34. The molecule has 0 fully saturated rings. The number of ether oxygens (including phenoxy) is 2. The quantitative estimate of drug-likeness (QED) is 0.0169. The predicted molar refractivity (Wildman–Crippen MR) is 206 cm³/mol. The largest absolute Gasteiger partial charge is 0.472 e. The van der Waals surface area contributed by atoms with Gasteiger partial charge in [0.25, 0.3) is 0 Å². The lowest BCUT2D eigenvalue weighted by atomic mass is 10.1.